The van der Waals surface area contributed by atoms with Crippen molar-refractivity contribution in [3.63, 3.8) is 0 Å². The van der Waals surface area contributed by atoms with Crippen LogP contribution < -0.4 is 5.56 Å². The molecule has 0 spiro atoms. The fourth-order valence-electron chi connectivity index (χ4n) is 3.07. The Morgan fingerprint density at radius 1 is 1.30 bits per heavy atom. The number of fused-ring (bicyclic) bond motifs is 1. The van der Waals surface area contributed by atoms with E-state index in [1.165, 1.54) is 21.8 Å². The molecule has 1 aromatic carbocycles. The lowest BCUT2D eigenvalue weighted by Crippen LogP contribution is -2.32. The van der Waals surface area contributed by atoms with E-state index >= 15 is 0 Å². The second kappa shape index (κ2) is 8.23. The Kier molecular flexibility index (Phi) is 5.97. The average molecular weight is 404 g/mol. The van der Waals surface area contributed by atoms with Gasteiger partial charge in [-0.3, -0.25) is 9.59 Å². The molecule has 3 aromatic rings. The molecule has 0 atom stereocenters. The number of nitrogens with one attached hydrogen (secondary N) is 1. The third-order valence-electron chi connectivity index (χ3n) is 4.45. The van der Waals surface area contributed by atoms with E-state index in [0.717, 1.165) is 17.7 Å². The SMILES string of the molecule is CCCN(Cc1nc2cc(Cl)ccc2c(=O)[nH]1)C(=O)c1cc(CC)c(C)s1. The maximum Gasteiger partial charge on any atom is 0.264 e. The quantitative estimate of drug-likeness (QED) is 0.656. The Hall–Kier alpha value is -2.18. The Morgan fingerprint density at radius 2 is 2.07 bits per heavy atom. The molecule has 0 aliphatic carbocycles. The number of hydrogen-bond acceptors (Lipinski definition) is 4. The van der Waals surface area contributed by atoms with Crippen molar-refractivity contribution >= 4 is 39.7 Å². The van der Waals surface area contributed by atoms with Gasteiger partial charge >= 0.3 is 0 Å². The van der Waals surface area contributed by atoms with Crippen molar-refractivity contribution in [1.29, 1.82) is 0 Å². The highest BCUT2D eigenvalue weighted by Gasteiger charge is 2.20. The topological polar surface area (TPSA) is 66.1 Å². The number of H-pyrrole nitrogens is 1. The molecule has 0 saturated carbocycles. The van der Waals surface area contributed by atoms with Crippen LogP contribution >= 0.6 is 22.9 Å². The van der Waals surface area contributed by atoms with Gasteiger partial charge in [0.15, 0.2) is 0 Å². The molecule has 0 aliphatic rings. The number of nitrogens with zero attached hydrogens (tertiary/aromatic N) is 2. The second-order valence-corrected chi connectivity index (χ2v) is 8.14. The van der Waals surface area contributed by atoms with Gasteiger partial charge in [-0.25, -0.2) is 4.98 Å². The van der Waals surface area contributed by atoms with Crippen LogP contribution in [0.25, 0.3) is 10.9 Å². The standard InChI is InChI=1S/C20H22ClN3O2S/c1-4-8-24(20(26)17-9-13(5-2)12(3)27-17)11-18-22-16-10-14(21)6-7-15(16)19(25)23-18/h6-7,9-10H,4-5,8,11H2,1-3H3,(H,22,23,25). The average Bonchev–Trinajstić information content (AvgIpc) is 3.01. The molecule has 0 bridgehead atoms. The summed E-state index contributed by atoms with van der Waals surface area (Å²) in [6.45, 7) is 6.99. The van der Waals surface area contributed by atoms with E-state index in [1.54, 1.807) is 23.1 Å². The van der Waals surface area contributed by atoms with Crippen molar-refractivity contribution in [3.05, 3.63) is 60.8 Å². The van der Waals surface area contributed by atoms with E-state index in [-0.39, 0.29) is 18.0 Å². The number of aromatic nitrogens is 2. The summed E-state index contributed by atoms with van der Waals surface area (Å²) in [6, 6.07) is 6.96. The molecule has 3 rings (SSSR count). The summed E-state index contributed by atoms with van der Waals surface area (Å²) in [4.78, 5) is 36.3. The van der Waals surface area contributed by atoms with Crippen LogP contribution in [0.15, 0.2) is 29.1 Å². The molecule has 0 saturated heterocycles. The summed E-state index contributed by atoms with van der Waals surface area (Å²) in [5.41, 5.74) is 1.51. The van der Waals surface area contributed by atoms with Crippen molar-refractivity contribution in [2.45, 2.75) is 40.2 Å². The summed E-state index contributed by atoms with van der Waals surface area (Å²) in [7, 11) is 0. The van der Waals surface area contributed by atoms with Gasteiger partial charge in [0.1, 0.15) is 5.82 Å². The number of carbonyl (C=O) groups is 1. The van der Waals surface area contributed by atoms with E-state index in [4.69, 9.17) is 11.6 Å². The Labute approximate surface area is 167 Å². The summed E-state index contributed by atoms with van der Waals surface area (Å²) >= 11 is 7.54. The summed E-state index contributed by atoms with van der Waals surface area (Å²) < 4.78 is 0. The number of aromatic amines is 1. The maximum absolute atomic E-state index is 13.0. The number of amides is 1. The van der Waals surface area contributed by atoms with Crippen molar-refractivity contribution in [1.82, 2.24) is 14.9 Å². The zero-order chi connectivity index (χ0) is 19.6. The van der Waals surface area contributed by atoms with E-state index in [9.17, 15) is 9.59 Å². The monoisotopic (exact) mass is 403 g/mol. The van der Waals surface area contributed by atoms with Crippen LogP contribution in [-0.2, 0) is 13.0 Å². The van der Waals surface area contributed by atoms with Gasteiger partial charge in [0.2, 0.25) is 0 Å². The van der Waals surface area contributed by atoms with Crippen molar-refractivity contribution in [3.8, 4) is 0 Å². The van der Waals surface area contributed by atoms with Crippen LogP contribution in [-0.4, -0.2) is 27.3 Å². The van der Waals surface area contributed by atoms with Gasteiger partial charge in [-0.15, -0.1) is 11.3 Å². The number of aryl methyl sites for hydroxylation is 2. The minimum absolute atomic E-state index is 0.0292. The number of rotatable bonds is 6. The molecule has 1 N–H and O–H groups in total. The Morgan fingerprint density at radius 3 is 2.74 bits per heavy atom. The van der Waals surface area contributed by atoms with E-state index in [2.05, 4.69) is 16.9 Å². The van der Waals surface area contributed by atoms with E-state index in [1.807, 2.05) is 19.9 Å². The highest BCUT2D eigenvalue weighted by molar-refractivity contribution is 7.14. The maximum atomic E-state index is 13.0. The fraction of sp³-hybridized carbons (Fsp3) is 0.350. The highest BCUT2D eigenvalue weighted by Crippen LogP contribution is 2.24. The molecular weight excluding hydrogens is 382 g/mol. The molecule has 2 heterocycles. The van der Waals surface area contributed by atoms with Crippen molar-refractivity contribution in [2.24, 2.45) is 0 Å². The van der Waals surface area contributed by atoms with Crippen LogP contribution in [0.2, 0.25) is 5.02 Å². The molecule has 1 amide bonds. The summed E-state index contributed by atoms with van der Waals surface area (Å²) in [5.74, 6) is 0.430. The van der Waals surface area contributed by atoms with Gasteiger partial charge in [-0.05, 0) is 49.6 Å². The Bertz CT molecular complexity index is 1040. The van der Waals surface area contributed by atoms with Gasteiger partial charge in [0, 0.05) is 16.4 Å². The molecule has 0 aliphatic heterocycles. The highest BCUT2D eigenvalue weighted by atomic mass is 35.5. The van der Waals surface area contributed by atoms with Crippen molar-refractivity contribution < 1.29 is 4.79 Å². The first-order chi connectivity index (χ1) is 12.9. The predicted molar refractivity (Wildman–Crippen MR) is 111 cm³/mol. The van der Waals surface area contributed by atoms with Crippen LogP contribution in [0.3, 0.4) is 0 Å². The van der Waals surface area contributed by atoms with Crippen LogP contribution in [0.1, 0.15) is 46.2 Å². The van der Waals surface area contributed by atoms with Crippen LogP contribution in [0.4, 0.5) is 0 Å². The molecule has 7 heteroatoms. The molecular formula is C20H22ClN3O2S. The van der Waals surface area contributed by atoms with E-state index in [0.29, 0.717) is 28.3 Å². The zero-order valence-electron chi connectivity index (χ0n) is 15.6. The fourth-order valence-corrected chi connectivity index (χ4v) is 4.32. The van der Waals surface area contributed by atoms with Crippen LogP contribution in [0, 0.1) is 6.92 Å². The first-order valence-corrected chi connectivity index (χ1v) is 10.2. The number of thiophene rings is 1. The molecule has 0 unspecified atom stereocenters. The molecule has 2 aromatic heterocycles. The summed E-state index contributed by atoms with van der Waals surface area (Å²) in [6.07, 6.45) is 1.73. The van der Waals surface area contributed by atoms with Gasteiger partial charge in [0.05, 0.1) is 22.3 Å². The third kappa shape index (κ3) is 4.22. The normalized spacial score (nSPS) is 11.1. The van der Waals surface area contributed by atoms with E-state index < -0.39 is 0 Å². The first-order valence-electron chi connectivity index (χ1n) is 9.00. The largest absolute Gasteiger partial charge is 0.330 e. The van der Waals surface area contributed by atoms with Gasteiger partial charge in [0.25, 0.3) is 11.5 Å². The third-order valence-corrected chi connectivity index (χ3v) is 5.77. The Balaban J connectivity index is 1.92. The molecule has 142 valence electrons. The molecule has 0 fully saturated rings. The van der Waals surface area contributed by atoms with Gasteiger partial charge in [-0.2, -0.15) is 0 Å². The lowest BCUT2D eigenvalue weighted by atomic mass is 10.2. The zero-order valence-corrected chi connectivity index (χ0v) is 17.2. The minimum Gasteiger partial charge on any atom is -0.330 e. The second-order valence-electron chi connectivity index (χ2n) is 6.45. The van der Waals surface area contributed by atoms with Gasteiger partial charge < -0.3 is 9.88 Å². The van der Waals surface area contributed by atoms with Gasteiger partial charge in [-0.1, -0.05) is 25.4 Å². The molecule has 0 radical (unpaired) electrons. The molecule has 27 heavy (non-hydrogen) atoms. The lowest BCUT2D eigenvalue weighted by Gasteiger charge is -2.21. The first kappa shape index (κ1) is 19.6. The molecule has 5 nitrogen and oxygen atoms in total. The number of benzene rings is 1. The van der Waals surface area contributed by atoms with Crippen LogP contribution in [0.5, 0.6) is 0 Å². The lowest BCUT2D eigenvalue weighted by molar-refractivity contribution is 0.0743. The van der Waals surface area contributed by atoms with Crippen molar-refractivity contribution in [2.75, 3.05) is 6.54 Å². The smallest absolute Gasteiger partial charge is 0.264 e. The number of hydrogen-bond donors (Lipinski definition) is 1. The predicted octanol–water partition coefficient (Wildman–Crippen LogP) is 4.56. The minimum atomic E-state index is -0.226. The number of halogens is 1. The number of carbonyl (C=O) groups excluding carboxylic acids is 1. The summed E-state index contributed by atoms with van der Waals surface area (Å²) in [5, 5.41) is 1.01.